The van der Waals surface area contributed by atoms with E-state index in [2.05, 4.69) is 5.32 Å². The van der Waals surface area contributed by atoms with Gasteiger partial charge >= 0.3 is 0 Å². The lowest BCUT2D eigenvalue weighted by molar-refractivity contribution is -0.124. The molecular weight excluding hydrogens is 318 g/mol. The summed E-state index contributed by atoms with van der Waals surface area (Å²) in [6.07, 6.45) is 2.50. The predicted octanol–water partition coefficient (Wildman–Crippen LogP) is 1.68. The fraction of sp³-hybridized carbons (Fsp3) is 0.500. The molecule has 2 fully saturated rings. The molecule has 126 valence electrons. The van der Waals surface area contributed by atoms with Crippen LogP contribution in [0.5, 0.6) is 0 Å². The summed E-state index contributed by atoms with van der Waals surface area (Å²) in [4.78, 5) is 26.0. The van der Waals surface area contributed by atoms with Gasteiger partial charge in [0.2, 0.25) is 11.8 Å². The van der Waals surface area contributed by atoms with Crippen LogP contribution in [0.3, 0.4) is 0 Å². The van der Waals surface area contributed by atoms with Gasteiger partial charge in [-0.1, -0.05) is 6.07 Å². The van der Waals surface area contributed by atoms with Crippen molar-refractivity contribution in [3.05, 3.63) is 24.3 Å². The van der Waals surface area contributed by atoms with Crippen molar-refractivity contribution >= 4 is 35.6 Å². The van der Waals surface area contributed by atoms with Crippen LogP contribution in [-0.4, -0.2) is 37.1 Å². The number of amides is 2. The van der Waals surface area contributed by atoms with Crippen LogP contribution in [0, 0.1) is 0 Å². The largest absolute Gasteiger partial charge is 0.381 e. The van der Waals surface area contributed by atoms with E-state index in [0.29, 0.717) is 38.2 Å². The molecule has 0 bridgehead atoms. The van der Waals surface area contributed by atoms with Crippen LogP contribution in [-0.2, 0) is 14.3 Å². The van der Waals surface area contributed by atoms with E-state index >= 15 is 0 Å². The van der Waals surface area contributed by atoms with E-state index in [9.17, 15) is 9.59 Å². The van der Waals surface area contributed by atoms with Crippen LogP contribution in [0.1, 0.15) is 25.7 Å². The Morgan fingerprint density at radius 1 is 1.30 bits per heavy atom. The first-order valence-electron chi connectivity index (χ1n) is 7.67. The minimum Gasteiger partial charge on any atom is -0.381 e. The zero-order chi connectivity index (χ0) is 15.6. The van der Waals surface area contributed by atoms with Crippen molar-refractivity contribution in [1.29, 1.82) is 0 Å². The monoisotopic (exact) mass is 339 g/mol. The average Bonchev–Trinajstić information content (AvgIpc) is 2.94. The molecule has 1 aromatic carbocycles. The molecule has 2 amide bonds. The van der Waals surface area contributed by atoms with E-state index < -0.39 is 5.54 Å². The third-order valence-electron chi connectivity index (χ3n) is 4.33. The highest BCUT2D eigenvalue weighted by Gasteiger charge is 2.36. The molecule has 2 aliphatic heterocycles. The summed E-state index contributed by atoms with van der Waals surface area (Å²) in [6.45, 7) is 1.74. The highest BCUT2D eigenvalue weighted by atomic mass is 35.5. The molecule has 2 aliphatic rings. The number of benzene rings is 1. The Hall–Kier alpha value is -1.63. The van der Waals surface area contributed by atoms with Crippen molar-refractivity contribution in [1.82, 2.24) is 0 Å². The Bertz CT molecular complexity index is 588. The maximum atomic E-state index is 12.4. The lowest BCUT2D eigenvalue weighted by Crippen LogP contribution is -2.54. The summed E-state index contributed by atoms with van der Waals surface area (Å²) >= 11 is 0. The molecule has 0 aromatic heterocycles. The SMILES string of the molecule is Cl.NC1(C(=O)Nc2cccc(N3CCCC3=O)c2)CCOCC1. The molecular formula is C16H22ClN3O3. The zero-order valence-electron chi connectivity index (χ0n) is 12.9. The molecule has 3 N–H and O–H groups in total. The lowest BCUT2D eigenvalue weighted by Gasteiger charge is -2.31. The quantitative estimate of drug-likeness (QED) is 0.877. The number of halogens is 1. The number of ether oxygens (including phenoxy) is 1. The summed E-state index contributed by atoms with van der Waals surface area (Å²) in [5.74, 6) is -0.0658. The number of anilines is 2. The number of nitrogens with zero attached hydrogens (tertiary/aromatic N) is 1. The number of carbonyl (C=O) groups excluding carboxylic acids is 2. The summed E-state index contributed by atoms with van der Waals surface area (Å²) in [5.41, 5.74) is 6.78. The molecule has 0 unspecified atom stereocenters. The van der Waals surface area contributed by atoms with Crippen LogP contribution >= 0.6 is 12.4 Å². The molecule has 0 aliphatic carbocycles. The lowest BCUT2D eigenvalue weighted by atomic mass is 9.90. The maximum absolute atomic E-state index is 12.4. The second-order valence-corrected chi connectivity index (χ2v) is 5.92. The Morgan fingerprint density at radius 3 is 2.70 bits per heavy atom. The van der Waals surface area contributed by atoms with Crippen molar-refractivity contribution in [3.8, 4) is 0 Å². The van der Waals surface area contributed by atoms with Crippen LogP contribution in [0.2, 0.25) is 0 Å². The number of carbonyl (C=O) groups is 2. The molecule has 0 radical (unpaired) electrons. The van der Waals surface area contributed by atoms with E-state index in [1.165, 1.54) is 0 Å². The average molecular weight is 340 g/mol. The highest BCUT2D eigenvalue weighted by molar-refractivity contribution is 5.99. The van der Waals surface area contributed by atoms with E-state index in [1.807, 2.05) is 24.3 Å². The van der Waals surface area contributed by atoms with Crippen LogP contribution < -0.4 is 16.0 Å². The second-order valence-electron chi connectivity index (χ2n) is 5.92. The molecule has 0 atom stereocenters. The summed E-state index contributed by atoms with van der Waals surface area (Å²) < 4.78 is 5.26. The molecule has 23 heavy (non-hydrogen) atoms. The molecule has 6 nitrogen and oxygen atoms in total. The first-order valence-corrected chi connectivity index (χ1v) is 7.67. The van der Waals surface area contributed by atoms with Gasteiger partial charge in [-0.2, -0.15) is 0 Å². The Morgan fingerprint density at radius 2 is 2.04 bits per heavy atom. The van der Waals surface area contributed by atoms with Gasteiger partial charge in [-0.15, -0.1) is 12.4 Å². The van der Waals surface area contributed by atoms with Crippen molar-refractivity contribution in [2.75, 3.05) is 30.0 Å². The molecule has 2 heterocycles. The Labute approximate surface area is 141 Å². The zero-order valence-corrected chi connectivity index (χ0v) is 13.7. The highest BCUT2D eigenvalue weighted by Crippen LogP contribution is 2.25. The van der Waals surface area contributed by atoms with Crippen molar-refractivity contribution < 1.29 is 14.3 Å². The van der Waals surface area contributed by atoms with Crippen molar-refractivity contribution in [2.45, 2.75) is 31.2 Å². The van der Waals surface area contributed by atoms with Gasteiger partial charge in [0, 0.05) is 37.6 Å². The van der Waals surface area contributed by atoms with Gasteiger partial charge in [0.1, 0.15) is 5.54 Å². The third kappa shape index (κ3) is 3.83. The summed E-state index contributed by atoms with van der Waals surface area (Å²) in [5, 5.41) is 2.87. The molecule has 2 saturated heterocycles. The van der Waals surface area contributed by atoms with Crippen LogP contribution in [0.4, 0.5) is 11.4 Å². The maximum Gasteiger partial charge on any atom is 0.244 e. The number of nitrogens with one attached hydrogen (secondary N) is 1. The molecule has 1 aromatic rings. The fourth-order valence-electron chi connectivity index (χ4n) is 2.89. The smallest absolute Gasteiger partial charge is 0.244 e. The van der Waals surface area contributed by atoms with E-state index in [4.69, 9.17) is 10.5 Å². The fourth-order valence-corrected chi connectivity index (χ4v) is 2.89. The van der Waals surface area contributed by atoms with Gasteiger partial charge in [0.25, 0.3) is 0 Å². The third-order valence-corrected chi connectivity index (χ3v) is 4.33. The van der Waals surface area contributed by atoms with Gasteiger partial charge in [-0.05, 0) is 37.5 Å². The Balaban J connectivity index is 0.00000192. The van der Waals surface area contributed by atoms with E-state index in [-0.39, 0.29) is 24.2 Å². The van der Waals surface area contributed by atoms with Crippen LogP contribution in [0.25, 0.3) is 0 Å². The molecule has 0 spiro atoms. The molecule has 7 heteroatoms. The standard InChI is InChI=1S/C16H21N3O3.ClH/c17-16(6-9-22-10-7-16)15(21)18-12-3-1-4-13(11-12)19-8-2-5-14(19)20;/h1,3-4,11H,2,5-10,17H2,(H,18,21);1H. The first kappa shape index (κ1) is 17.7. The minimum absolute atomic E-state index is 0. The van der Waals surface area contributed by atoms with E-state index in [1.54, 1.807) is 4.90 Å². The molecule has 0 saturated carbocycles. The molecule has 3 rings (SSSR count). The number of hydrogen-bond acceptors (Lipinski definition) is 4. The van der Waals surface area contributed by atoms with Crippen molar-refractivity contribution in [2.24, 2.45) is 5.73 Å². The summed E-state index contributed by atoms with van der Waals surface area (Å²) in [6, 6.07) is 7.35. The number of nitrogens with two attached hydrogens (primary N) is 1. The number of hydrogen-bond donors (Lipinski definition) is 2. The summed E-state index contributed by atoms with van der Waals surface area (Å²) in [7, 11) is 0. The van der Waals surface area contributed by atoms with Crippen molar-refractivity contribution in [3.63, 3.8) is 0 Å². The minimum atomic E-state index is -0.877. The van der Waals surface area contributed by atoms with Gasteiger partial charge in [-0.25, -0.2) is 0 Å². The van der Waals surface area contributed by atoms with Gasteiger partial charge < -0.3 is 20.7 Å². The first-order chi connectivity index (χ1) is 10.6. The Kier molecular flexibility index (Phi) is 5.62. The van der Waals surface area contributed by atoms with Gasteiger partial charge in [0.05, 0.1) is 0 Å². The normalized spacial score (nSPS) is 20.0. The van der Waals surface area contributed by atoms with Gasteiger partial charge in [-0.3, -0.25) is 9.59 Å². The predicted molar refractivity (Wildman–Crippen MR) is 90.9 cm³/mol. The topological polar surface area (TPSA) is 84.7 Å². The van der Waals surface area contributed by atoms with E-state index in [0.717, 1.165) is 18.7 Å². The van der Waals surface area contributed by atoms with Crippen LogP contribution in [0.15, 0.2) is 24.3 Å². The number of rotatable bonds is 3. The second kappa shape index (κ2) is 7.29. The van der Waals surface area contributed by atoms with Gasteiger partial charge in [0.15, 0.2) is 0 Å².